The lowest BCUT2D eigenvalue weighted by Crippen LogP contribution is -2.46. The lowest BCUT2D eigenvalue weighted by Gasteiger charge is -2.19. The number of amides is 1. The number of hydrazone groups is 1. The van der Waals surface area contributed by atoms with Crippen LogP contribution in [0.1, 0.15) is 37.0 Å². The third-order valence-corrected chi connectivity index (χ3v) is 6.66. The molecule has 184 valence electrons. The van der Waals surface area contributed by atoms with Gasteiger partial charge in [-0.2, -0.15) is 9.82 Å². The van der Waals surface area contributed by atoms with Gasteiger partial charge in [0.2, 0.25) is 10.0 Å². The molecule has 0 aliphatic rings. The first-order valence-electron chi connectivity index (χ1n) is 11.4. The molecule has 0 spiro atoms. The van der Waals surface area contributed by atoms with Gasteiger partial charge in [-0.1, -0.05) is 61.9 Å². The Morgan fingerprint density at radius 3 is 2.26 bits per heavy atom. The Hall–Kier alpha value is -3.49. The van der Waals surface area contributed by atoms with Gasteiger partial charge in [-0.25, -0.2) is 13.8 Å². The summed E-state index contributed by atoms with van der Waals surface area (Å²) >= 11 is 0. The van der Waals surface area contributed by atoms with Crippen LogP contribution in [-0.2, 0) is 21.4 Å². The van der Waals surface area contributed by atoms with Crippen LogP contribution in [0, 0.1) is 12.8 Å². The van der Waals surface area contributed by atoms with E-state index in [-0.39, 0.29) is 10.8 Å². The molecule has 1 amide bonds. The molecule has 3 rings (SSSR count). The first-order chi connectivity index (χ1) is 16.7. The van der Waals surface area contributed by atoms with E-state index in [1.165, 1.54) is 18.3 Å². The Labute approximate surface area is 207 Å². The van der Waals surface area contributed by atoms with Crippen molar-refractivity contribution in [2.45, 2.75) is 44.7 Å². The SMILES string of the molecule is Cc1ccc(S(=O)(=O)N[C@H](CC(C)C)C(=O)N/N=C\c2ccc(OCc3ccccc3)cc2)cc1. The summed E-state index contributed by atoms with van der Waals surface area (Å²) < 4.78 is 33.8. The predicted octanol–water partition coefficient (Wildman–Crippen LogP) is 4.42. The Morgan fingerprint density at radius 1 is 0.971 bits per heavy atom. The molecule has 35 heavy (non-hydrogen) atoms. The van der Waals surface area contributed by atoms with Crippen LogP contribution in [0.3, 0.4) is 0 Å². The quantitative estimate of drug-likeness (QED) is 0.305. The van der Waals surface area contributed by atoms with E-state index >= 15 is 0 Å². The van der Waals surface area contributed by atoms with E-state index in [2.05, 4.69) is 15.2 Å². The van der Waals surface area contributed by atoms with Crippen LogP contribution < -0.4 is 14.9 Å². The molecule has 3 aromatic carbocycles. The first kappa shape index (κ1) is 26.1. The molecule has 0 unspecified atom stereocenters. The standard InChI is InChI=1S/C27H31N3O4S/c1-20(2)17-26(30-35(32,33)25-15-9-21(3)10-16-25)27(31)29-28-18-22-11-13-24(14-12-22)34-19-23-7-5-4-6-8-23/h4-16,18,20,26,30H,17,19H2,1-3H3,(H,29,31)/b28-18-/t26-/m1/s1. The van der Waals surface area contributed by atoms with Crippen molar-refractivity contribution in [2.75, 3.05) is 0 Å². The Balaban J connectivity index is 1.58. The maximum Gasteiger partial charge on any atom is 0.258 e. The number of hydrogen-bond acceptors (Lipinski definition) is 5. The normalized spacial score (nSPS) is 12.6. The average molecular weight is 494 g/mol. The molecule has 0 saturated carbocycles. The summed E-state index contributed by atoms with van der Waals surface area (Å²) in [6.45, 7) is 6.19. The maximum absolute atomic E-state index is 12.8. The van der Waals surface area contributed by atoms with Gasteiger partial charge in [0.15, 0.2) is 0 Å². The van der Waals surface area contributed by atoms with Gasteiger partial charge in [-0.3, -0.25) is 4.79 Å². The van der Waals surface area contributed by atoms with Crippen molar-refractivity contribution in [2.24, 2.45) is 11.0 Å². The van der Waals surface area contributed by atoms with Gasteiger partial charge in [0, 0.05) is 0 Å². The fourth-order valence-electron chi connectivity index (χ4n) is 3.29. The van der Waals surface area contributed by atoms with Gasteiger partial charge < -0.3 is 4.74 Å². The summed E-state index contributed by atoms with van der Waals surface area (Å²) in [5, 5.41) is 4.01. The summed E-state index contributed by atoms with van der Waals surface area (Å²) in [6.07, 6.45) is 1.83. The molecule has 7 nitrogen and oxygen atoms in total. The number of ether oxygens (including phenoxy) is 1. The molecule has 0 heterocycles. The third-order valence-electron chi connectivity index (χ3n) is 5.17. The van der Waals surface area contributed by atoms with Crippen molar-refractivity contribution in [1.29, 1.82) is 0 Å². The summed E-state index contributed by atoms with van der Waals surface area (Å²) in [5.41, 5.74) is 5.24. The number of rotatable bonds is 11. The Bertz CT molecular complexity index is 1220. The van der Waals surface area contributed by atoms with Gasteiger partial charge in [-0.15, -0.1) is 0 Å². The lowest BCUT2D eigenvalue weighted by atomic mass is 10.0. The van der Waals surface area contributed by atoms with E-state index in [4.69, 9.17) is 4.74 Å². The highest BCUT2D eigenvalue weighted by atomic mass is 32.2. The number of nitrogens with one attached hydrogen (secondary N) is 2. The third kappa shape index (κ3) is 8.35. The van der Waals surface area contributed by atoms with Crippen LogP contribution in [0.4, 0.5) is 0 Å². The lowest BCUT2D eigenvalue weighted by molar-refractivity contribution is -0.123. The fraction of sp³-hybridized carbons (Fsp3) is 0.259. The smallest absolute Gasteiger partial charge is 0.258 e. The predicted molar refractivity (Wildman–Crippen MR) is 138 cm³/mol. The fourth-order valence-corrected chi connectivity index (χ4v) is 4.50. The Morgan fingerprint density at radius 2 is 1.63 bits per heavy atom. The zero-order valence-electron chi connectivity index (χ0n) is 20.1. The summed E-state index contributed by atoms with van der Waals surface area (Å²) in [6, 6.07) is 22.7. The molecule has 3 aromatic rings. The van der Waals surface area contributed by atoms with Crippen LogP contribution in [0.2, 0.25) is 0 Å². The molecule has 8 heteroatoms. The number of carbonyl (C=O) groups is 1. The van der Waals surface area contributed by atoms with E-state index in [0.29, 0.717) is 13.0 Å². The second-order valence-electron chi connectivity index (χ2n) is 8.69. The van der Waals surface area contributed by atoms with Crippen molar-refractivity contribution < 1.29 is 17.9 Å². The van der Waals surface area contributed by atoms with Gasteiger partial charge in [0.25, 0.3) is 5.91 Å². The second-order valence-corrected chi connectivity index (χ2v) is 10.4. The van der Waals surface area contributed by atoms with Crippen molar-refractivity contribution in [1.82, 2.24) is 10.1 Å². The molecule has 2 N–H and O–H groups in total. The van der Waals surface area contributed by atoms with Crippen molar-refractivity contribution in [3.8, 4) is 5.75 Å². The van der Waals surface area contributed by atoms with Crippen LogP contribution in [-0.4, -0.2) is 26.6 Å². The van der Waals surface area contributed by atoms with Gasteiger partial charge >= 0.3 is 0 Å². The molecule has 0 saturated heterocycles. The minimum atomic E-state index is -3.85. The highest BCUT2D eigenvalue weighted by Crippen LogP contribution is 2.15. The van der Waals surface area contributed by atoms with Gasteiger partial charge in [-0.05, 0) is 66.8 Å². The molecule has 0 aliphatic heterocycles. The number of carbonyl (C=O) groups excluding carboxylic acids is 1. The monoisotopic (exact) mass is 493 g/mol. The molecule has 1 atom stereocenters. The number of sulfonamides is 1. The topological polar surface area (TPSA) is 96.9 Å². The van der Waals surface area contributed by atoms with E-state index < -0.39 is 22.0 Å². The van der Waals surface area contributed by atoms with E-state index in [1.54, 1.807) is 12.1 Å². The second kappa shape index (κ2) is 12.3. The largest absolute Gasteiger partial charge is 0.489 e. The summed E-state index contributed by atoms with van der Waals surface area (Å²) in [5.74, 6) is 0.296. The maximum atomic E-state index is 12.8. The van der Waals surface area contributed by atoms with Crippen molar-refractivity contribution >= 4 is 22.1 Å². The van der Waals surface area contributed by atoms with Crippen LogP contribution in [0.25, 0.3) is 0 Å². The van der Waals surface area contributed by atoms with Gasteiger partial charge in [0.1, 0.15) is 18.4 Å². The zero-order valence-corrected chi connectivity index (χ0v) is 21.0. The van der Waals surface area contributed by atoms with Crippen LogP contribution >= 0.6 is 0 Å². The molecule has 0 aliphatic carbocycles. The zero-order chi connectivity index (χ0) is 25.3. The van der Waals surface area contributed by atoms with Gasteiger partial charge in [0.05, 0.1) is 11.1 Å². The van der Waals surface area contributed by atoms with Crippen LogP contribution in [0.15, 0.2) is 88.9 Å². The number of benzene rings is 3. The van der Waals surface area contributed by atoms with E-state index in [9.17, 15) is 13.2 Å². The number of nitrogens with zero attached hydrogens (tertiary/aromatic N) is 1. The van der Waals surface area contributed by atoms with Crippen molar-refractivity contribution in [3.05, 3.63) is 95.6 Å². The van der Waals surface area contributed by atoms with E-state index in [0.717, 1.165) is 22.4 Å². The minimum Gasteiger partial charge on any atom is -0.489 e. The molecular formula is C27H31N3O4S. The number of hydrogen-bond donors (Lipinski definition) is 2. The molecule has 0 fully saturated rings. The molecular weight excluding hydrogens is 462 g/mol. The van der Waals surface area contributed by atoms with E-state index in [1.807, 2.05) is 75.4 Å². The van der Waals surface area contributed by atoms with Crippen LogP contribution in [0.5, 0.6) is 5.75 Å². The highest BCUT2D eigenvalue weighted by Gasteiger charge is 2.26. The first-order valence-corrected chi connectivity index (χ1v) is 12.9. The average Bonchev–Trinajstić information content (AvgIpc) is 2.83. The molecule has 0 radical (unpaired) electrons. The minimum absolute atomic E-state index is 0.0962. The Kier molecular flexibility index (Phi) is 9.17. The summed E-state index contributed by atoms with van der Waals surface area (Å²) in [4.78, 5) is 12.8. The summed E-state index contributed by atoms with van der Waals surface area (Å²) in [7, 11) is -3.85. The highest BCUT2D eigenvalue weighted by molar-refractivity contribution is 7.89. The molecule has 0 aromatic heterocycles. The van der Waals surface area contributed by atoms with Crippen molar-refractivity contribution in [3.63, 3.8) is 0 Å². The molecule has 0 bridgehead atoms. The number of aryl methyl sites for hydroxylation is 1.